The Morgan fingerprint density at radius 1 is 1.28 bits per heavy atom. The fraction of sp³-hybridized carbons (Fsp3) is 0.273. The number of hydrogen-bond acceptors (Lipinski definition) is 6. The maximum atomic E-state index is 12.8. The summed E-state index contributed by atoms with van der Waals surface area (Å²) in [5.41, 5.74) is 3.51. The highest BCUT2D eigenvalue weighted by molar-refractivity contribution is 5.99. The van der Waals surface area contributed by atoms with Crippen LogP contribution in [-0.4, -0.2) is 21.0 Å². The van der Waals surface area contributed by atoms with Gasteiger partial charge in [0.15, 0.2) is 5.76 Å². The second-order valence-electron chi connectivity index (χ2n) is 7.03. The molecular weight excluding hydrogens is 368 g/mol. The van der Waals surface area contributed by atoms with Crippen LogP contribution in [-0.2, 0) is 6.42 Å². The first-order chi connectivity index (χ1) is 14.1. The number of hydrogen-bond donors (Lipinski definition) is 1. The highest BCUT2D eigenvalue weighted by atomic mass is 16.5. The van der Waals surface area contributed by atoms with Gasteiger partial charge in [0.2, 0.25) is 11.7 Å². The zero-order valence-corrected chi connectivity index (χ0v) is 16.6. The summed E-state index contributed by atoms with van der Waals surface area (Å²) in [5, 5.41) is 7.80. The maximum absolute atomic E-state index is 12.8. The largest absolute Gasteiger partial charge is 0.451 e. The van der Waals surface area contributed by atoms with E-state index in [0.29, 0.717) is 23.1 Å². The first-order valence-corrected chi connectivity index (χ1v) is 9.63. The van der Waals surface area contributed by atoms with Crippen LogP contribution in [0.3, 0.4) is 0 Å². The Labute approximate surface area is 168 Å². The number of aromatic nitrogens is 3. The molecule has 0 aliphatic rings. The van der Waals surface area contributed by atoms with Gasteiger partial charge < -0.3 is 14.3 Å². The molecule has 3 aromatic heterocycles. The molecule has 1 aromatic carbocycles. The van der Waals surface area contributed by atoms with Crippen molar-refractivity contribution in [2.24, 2.45) is 0 Å². The monoisotopic (exact) mass is 390 g/mol. The number of pyridine rings is 1. The molecule has 0 saturated carbocycles. The molecule has 1 amide bonds. The van der Waals surface area contributed by atoms with Crippen LogP contribution in [0.15, 0.2) is 51.7 Å². The minimum atomic E-state index is -0.469. The predicted molar refractivity (Wildman–Crippen MR) is 108 cm³/mol. The molecule has 0 aliphatic heterocycles. The van der Waals surface area contributed by atoms with Crippen LogP contribution in [0.1, 0.15) is 53.9 Å². The van der Waals surface area contributed by atoms with Crippen LogP contribution < -0.4 is 5.32 Å². The first kappa shape index (κ1) is 18.9. The van der Waals surface area contributed by atoms with Crippen LogP contribution in [0.4, 0.5) is 0 Å². The molecule has 1 unspecified atom stereocenters. The summed E-state index contributed by atoms with van der Waals surface area (Å²) in [6, 6.07) is 9.23. The molecule has 0 saturated heterocycles. The van der Waals surface area contributed by atoms with E-state index in [2.05, 4.69) is 33.4 Å². The van der Waals surface area contributed by atoms with Gasteiger partial charge in [-0.05, 0) is 50.1 Å². The quantitative estimate of drug-likeness (QED) is 0.516. The summed E-state index contributed by atoms with van der Waals surface area (Å²) in [6.45, 7) is 5.83. The van der Waals surface area contributed by atoms with Crippen LogP contribution in [0.5, 0.6) is 0 Å². The Balaban J connectivity index is 1.53. The molecule has 0 spiro atoms. The average molecular weight is 390 g/mol. The van der Waals surface area contributed by atoms with Crippen molar-refractivity contribution in [1.29, 1.82) is 0 Å². The minimum absolute atomic E-state index is 0.299. The number of aryl methyl sites for hydroxylation is 2. The Bertz CT molecular complexity index is 1150. The van der Waals surface area contributed by atoms with E-state index in [1.54, 1.807) is 25.4 Å². The second kappa shape index (κ2) is 7.87. The third-order valence-corrected chi connectivity index (χ3v) is 4.82. The van der Waals surface area contributed by atoms with E-state index in [-0.39, 0.29) is 5.91 Å². The Kier molecular flexibility index (Phi) is 5.12. The highest BCUT2D eigenvalue weighted by Gasteiger charge is 2.23. The fourth-order valence-electron chi connectivity index (χ4n) is 3.28. The summed E-state index contributed by atoms with van der Waals surface area (Å²) >= 11 is 0. The van der Waals surface area contributed by atoms with Crippen molar-refractivity contribution in [2.75, 3.05) is 0 Å². The molecule has 3 heterocycles. The SMILES string of the molecule is CCCc1ccc2oc(C(=O)NC(C)c3nc(-c4cccnc4)no3)c(C)c2c1. The molecule has 29 heavy (non-hydrogen) atoms. The lowest BCUT2D eigenvalue weighted by Gasteiger charge is -2.08. The van der Waals surface area contributed by atoms with Gasteiger partial charge in [-0.25, -0.2) is 0 Å². The molecular formula is C22H22N4O3. The number of carbonyl (C=O) groups is 1. The molecule has 4 aromatic rings. The topological polar surface area (TPSA) is 94.1 Å². The third-order valence-electron chi connectivity index (χ3n) is 4.82. The number of rotatable bonds is 6. The number of benzene rings is 1. The van der Waals surface area contributed by atoms with Crippen LogP contribution >= 0.6 is 0 Å². The number of nitrogens with zero attached hydrogens (tertiary/aromatic N) is 3. The van der Waals surface area contributed by atoms with E-state index in [4.69, 9.17) is 8.94 Å². The van der Waals surface area contributed by atoms with Crippen molar-refractivity contribution in [1.82, 2.24) is 20.4 Å². The highest BCUT2D eigenvalue weighted by Crippen LogP contribution is 2.27. The van der Waals surface area contributed by atoms with E-state index in [1.807, 2.05) is 25.1 Å². The molecule has 148 valence electrons. The molecule has 1 N–H and O–H groups in total. The lowest BCUT2D eigenvalue weighted by molar-refractivity contribution is 0.0905. The van der Waals surface area contributed by atoms with Crippen molar-refractivity contribution in [2.45, 2.75) is 39.7 Å². The van der Waals surface area contributed by atoms with Crippen LogP contribution in [0, 0.1) is 6.92 Å². The lowest BCUT2D eigenvalue weighted by Crippen LogP contribution is -2.27. The molecule has 0 fully saturated rings. The van der Waals surface area contributed by atoms with E-state index in [1.165, 1.54) is 5.56 Å². The van der Waals surface area contributed by atoms with Gasteiger partial charge in [0.25, 0.3) is 5.91 Å². The number of fused-ring (bicyclic) bond motifs is 1. The van der Waals surface area contributed by atoms with Crippen molar-refractivity contribution >= 4 is 16.9 Å². The van der Waals surface area contributed by atoms with Gasteiger partial charge in [-0.1, -0.05) is 24.6 Å². The fourth-order valence-corrected chi connectivity index (χ4v) is 3.28. The minimum Gasteiger partial charge on any atom is -0.451 e. The smallest absolute Gasteiger partial charge is 0.287 e. The molecule has 7 nitrogen and oxygen atoms in total. The van der Waals surface area contributed by atoms with Crippen molar-refractivity contribution in [3.05, 3.63) is 65.5 Å². The van der Waals surface area contributed by atoms with Crippen molar-refractivity contribution in [3.8, 4) is 11.4 Å². The van der Waals surface area contributed by atoms with Crippen molar-refractivity contribution < 1.29 is 13.7 Å². The number of nitrogens with one attached hydrogen (secondary N) is 1. The van der Waals surface area contributed by atoms with Gasteiger partial charge in [-0.3, -0.25) is 9.78 Å². The summed E-state index contributed by atoms with van der Waals surface area (Å²) in [5.74, 6) is 0.727. The molecule has 7 heteroatoms. The normalized spacial score (nSPS) is 12.2. The first-order valence-electron chi connectivity index (χ1n) is 9.63. The Hall–Kier alpha value is -3.48. The van der Waals surface area contributed by atoms with E-state index >= 15 is 0 Å². The Morgan fingerprint density at radius 2 is 2.14 bits per heavy atom. The summed E-state index contributed by atoms with van der Waals surface area (Å²) in [7, 11) is 0. The van der Waals surface area contributed by atoms with Crippen LogP contribution in [0.25, 0.3) is 22.4 Å². The zero-order valence-electron chi connectivity index (χ0n) is 16.6. The number of carbonyl (C=O) groups excluding carboxylic acids is 1. The molecule has 4 rings (SSSR count). The Morgan fingerprint density at radius 3 is 2.90 bits per heavy atom. The summed E-state index contributed by atoms with van der Waals surface area (Å²) < 4.78 is 11.1. The van der Waals surface area contributed by atoms with E-state index in [0.717, 1.165) is 29.4 Å². The standard InChI is InChI=1S/C22H22N4O3/c1-4-6-15-8-9-18-17(11-15)13(2)19(28-18)21(27)24-14(3)22-25-20(26-29-22)16-7-5-10-23-12-16/h5,7-12,14H,4,6H2,1-3H3,(H,24,27). The van der Waals surface area contributed by atoms with Gasteiger partial charge in [-0.2, -0.15) is 4.98 Å². The molecule has 0 radical (unpaired) electrons. The van der Waals surface area contributed by atoms with Gasteiger partial charge in [-0.15, -0.1) is 0 Å². The molecule has 0 aliphatic carbocycles. The second-order valence-corrected chi connectivity index (χ2v) is 7.03. The van der Waals surface area contributed by atoms with E-state index < -0.39 is 6.04 Å². The predicted octanol–water partition coefficient (Wildman–Crippen LogP) is 4.63. The molecule has 1 atom stereocenters. The van der Waals surface area contributed by atoms with Gasteiger partial charge in [0.1, 0.15) is 11.6 Å². The lowest BCUT2D eigenvalue weighted by atomic mass is 10.1. The van der Waals surface area contributed by atoms with Gasteiger partial charge in [0, 0.05) is 28.9 Å². The van der Waals surface area contributed by atoms with Crippen molar-refractivity contribution in [3.63, 3.8) is 0 Å². The number of furan rings is 1. The zero-order chi connectivity index (χ0) is 20.4. The number of amides is 1. The molecule has 0 bridgehead atoms. The van der Waals surface area contributed by atoms with E-state index in [9.17, 15) is 4.79 Å². The third kappa shape index (κ3) is 3.76. The average Bonchev–Trinajstić information content (AvgIpc) is 3.35. The van der Waals surface area contributed by atoms with Gasteiger partial charge >= 0.3 is 0 Å². The van der Waals surface area contributed by atoms with Crippen LogP contribution in [0.2, 0.25) is 0 Å². The maximum Gasteiger partial charge on any atom is 0.287 e. The van der Waals surface area contributed by atoms with Gasteiger partial charge in [0.05, 0.1) is 0 Å². The summed E-state index contributed by atoms with van der Waals surface area (Å²) in [6.07, 6.45) is 5.39. The summed E-state index contributed by atoms with van der Waals surface area (Å²) in [4.78, 5) is 21.2.